The highest BCUT2D eigenvalue weighted by Gasteiger charge is 2.10. The molecule has 3 rings (SSSR count). The summed E-state index contributed by atoms with van der Waals surface area (Å²) in [6, 6.07) is 15.8. The molecule has 128 valence electrons. The number of carbonyl (C=O) groups excluding carboxylic acids is 1. The van der Waals surface area contributed by atoms with Gasteiger partial charge in [-0.15, -0.1) is 0 Å². The highest BCUT2D eigenvalue weighted by Crippen LogP contribution is 2.24. The van der Waals surface area contributed by atoms with E-state index in [1.165, 1.54) is 18.4 Å². The van der Waals surface area contributed by atoms with E-state index in [2.05, 4.69) is 5.32 Å². The molecule has 0 radical (unpaired) electrons. The standard InChI is InChI=1S/C20H18FNO3/c1-14-4-2-5-15(10-14)12-24-13-20(23)22-18-8-7-16(11-17(18)21)19-6-3-9-25-19/h2-11H,12-13H2,1H3,(H,22,23). The highest BCUT2D eigenvalue weighted by atomic mass is 19.1. The first-order chi connectivity index (χ1) is 12.1. The number of halogens is 1. The van der Waals surface area contributed by atoms with Gasteiger partial charge in [0.15, 0.2) is 0 Å². The molecule has 4 nitrogen and oxygen atoms in total. The fourth-order valence-electron chi connectivity index (χ4n) is 2.46. The molecule has 1 aromatic heterocycles. The van der Waals surface area contributed by atoms with Gasteiger partial charge in [0.2, 0.25) is 5.91 Å². The van der Waals surface area contributed by atoms with Gasteiger partial charge in [0.05, 0.1) is 18.6 Å². The van der Waals surface area contributed by atoms with E-state index in [0.717, 1.165) is 11.1 Å². The van der Waals surface area contributed by atoms with Gasteiger partial charge in [-0.2, -0.15) is 0 Å². The fraction of sp³-hybridized carbons (Fsp3) is 0.150. The van der Waals surface area contributed by atoms with Crippen molar-refractivity contribution in [2.45, 2.75) is 13.5 Å². The number of rotatable bonds is 6. The van der Waals surface area contributed by atoms with Gasteiger partial charge in [-0.3, -0.25) is 4.79 Å². The molecule has 0 saturated heterocycles. The second kappa shape index (κ2) is 7.77. The minimum absolute atomic E-state index is 0.111. The monoisotopic (exact) mass is 339 g/mol. The normalized spacial score (nSPS) is 10.6. The van der Waals surface area contributed by atoms with Crippen LogP contribution in [-0.2, 0) is 16.1 Å². The Morgan fingerprint density at radius 1 is 1.16 bits per heavy atom. The third kappa shape index (κ3) is 4.55. The molecule has 0 aliphatic carbocycles. The van der Waals surface area contributed by atoms with Crippen molar-refractivity contribution in [3.05, 3.63) is 77.8 Å². The largest absolute Gasteiger partial charge is 0.464 e. The van der Waals surface area contributed by atoms with E-state index in [4.69, 9.17) is 9.15 Å². The fourth-order valence-corrected chi connectivity index (χ4v) is 2.46. The average molecular weight is 339 g/mol. The van der Waals surface area contributed by atoms with Crippen molar-refractivity contribution in [1.29, 1.82) is 0 Å². The molecule has 0 saturated carbocycles. The lowest BCUT2D eigenvalue weighted by atomic mass is 10.1. The predicted molar refractivity (Wildman–Crippen MR) is 93.6 cm³/mol. The zero-order chi connectivity index (χ0) is 17.6. The summed E-state index contributed by atoms with van der Waals surface area (Å²) in [5.41, 5.74) is 2.83. The molecule has 1 N–H and O–H groups in total. The molecule has 0 aliphatic rings. The number of nitrogens with one attached hydrogen (secondary N) is 1. The predicted octanol–water partition coefficient (Wildman–Crippen LogP) is 4.55. The molecule has 3 aromatic rings. The Balaban J connectivity index is 1.54. The molecule has 0 spiro atoms. The Hall–Kier alpha value is -2.92. The summed E-state index contributed by atoms with van der Waals surface area (Å²) in [6.45, 7) is 2.17. The second-order valence-corrected chi connectivity index (χ2v) is 5.70. The van der Waals surface area contributed by atoms with Crippen LogP contribution in [0.1, 0.15) is 11.1 Å². The first-order valence-electron chi connectivity index (χ1n) is 7.88. The first kappa shape index (κ1) is 16.9. The molecule has 0 unspecified atom stereocenters. The summed E-state index contributed by atoms with van der Waals surface area (Å²) in [7, 11) is 0. The van der Waals surface area contributed by atoms with Crippen molar-refractivity contribution in [1.82, 2.24) is 0 Å². The third-order valence-electron chi connectivity index (χ3n) is 3.63. The quantitative estimate of drug-likeness (QED) is 0.717. The summed E-state index contributed by atoms with van der Waals surface area (Å²) in [5.74, 6) is -0.364. The number of anilines is 1. The maximum Gasteiger partial charge on any atom is 0.250 e. The molecule has 0 bridgehead atoms. The van der Waals surface area contributed by atoms with Gasteiger partial charge in [0, 0.05) is 5.56 Å². The minimum Gasteiger partial charge on any atom is -0.464 e. The Morgan fingerprint density at radius 2 is 2.04 bits per heavy atom. The molecular formula is C20H18FNO3. The van der Waals surface area contributed by atoms with Gasteiger partial charge in [-0.1, -0.05) is 29.8 Å². The molecule has 0 fully saturated rings. The van der Waals surface area contributed by atoms with Gasteiger partial charge < -0.3 is 14.5 Å². The lowest BCUT2D eigenvalue weighted by Crippen LogP contribution is -2.19. The number of amides is 1. The summed E-state index contributed by atoms with van der Waals surface area (Å²) >= 11 is 0. The molecule has 1 heterocycles. The molecular weight excluding hydrogens is 321 g/mol. The van der Waals surface area contributed by atoms with Crippen molar-refractivity contribution >= 4 is 11.6 Å². The number of aryl methyl sites for hydroxylation is 1. The third-order valence-corrected chi connectivity index (χ3v) is 3.63. The summed E-state index contributed by atoms with van der Waals surface area (Å²) in [4.78, 5) is 11.9. The number of benzene rings is 2. The van der Waals surface area contributed by atoms with E-state index >= 15 is 0 Å². The van der Waals surface area contributed by atoms with Crippen LogP contribution in [-0.4, -0.2) is 12.5 Å². The maximum atomic E-state index is 14.1. The van der Waals surface area contributed by atoms with Crippen LogP contribution in [0.15, 0.2) is 65.3 Å². The average Bonchev–Trinajstić information content (AvgIpc) is 3.11. The van der Waals surface area contributed by atoms with Crippen molar-refractivity contribution in [3.63, 3.8) is 0 Å². The van der Waals surface area contributed by atoms with Crippen molar-refractivity contribution in [2.75, 3.05) is 11.9 Å². The molecule has 2 aromatic carbocycles. The zero-order valence-electron chi connectivity index (χ0n) is 13.8. The van der Waals surface area contributed by atoms with Crippen LogP contribution in [0.2, 0.25) is 0 Å². The van der Waals surface area contributed by atoms with Crippen LogP contribution in [0.4, 0.5) is 10.1 Å². The maximum absolute atomic E-state index is 14.1. The topological polar surface area (TPSA) is 51.5 Å². The Morgan fingerprint density at radius 3 is 2.76 bits per heavy atom. The first-order valence-corrected chi connectivity index (χ1v) is 7.88. The summed E-state index contributed by atoms with van der Waals surface area (Å²) in [6.07, 6.45) is 1.52. The van der Waals surface area contributed by atoms with Crippen molar-refractivity contribution in [2.24, 2.45) is 0 Å². The summed E-state index contributed by atoms with van der Waals surface area (Å²) < 4.78 is 24.7. The number of furan rings is 1. The molecule has 1 amide bonds. The van der Waals surface area contributed by atoms with E-state index in [-0.39, 0.29) is 12.3 Å². The van der Waals surface area contributed by atoms with E-state index in [9.17, 15) is 9.18 Å². The minimum atomic E-state index is -0.527. The number of hydrogen-bond acceptors (Lipinski definition) is 3. The highest BCUT2D eigenvalue weighted by molar-refractivity contribution is 5.92. The van der Waals surface area contributed by atoms with Crippen molar-refractivity contribution in [3.8, 4) is 11.3 Å². The Labute approximate surface area is 145 Å². The molecule has 5 heteroatoms. The van der Waals surface area contributed by atoms with Crippen LogP contribution in [0.25, 0.3) is 11.3 Å². The molecule has 25 heavy (non-hydrogen) atoms. The van der Waals surface area contributed by atoms with Gasteiger partial charge in [0.25, 0.3) is 0 Å². The summed E-state index contributed by atoms with van der Waals surface area (Å²) in [5, 5.41) is 2.51. The zero-order valence-corrected chi connectivity index (χ0v) is 13.8. The number of carbonyl (C=O) groups is 1. The van der Waals surface area contributed by atoms with Gasteiger partial charge in [-0.25, -0.2) is 4.39 Å². The van der Waals surface area contributed by atoms with Crippen LogP contribution in [0, 0.1) is 12.7 Å². The van der Waals surface area contributed by atoms with E-state index in [1.54, 1.807) is 18.2 Å². The number of hydrogen-bond donors (Lipinski definition) is 1. The van der Waals surface area contributed by atoms with Gasteiger partial charge in [-0.05, 0) is 42.8 Å². The van der Waals surface area contributed by atoms with E-state index in [0.29, 0.717) is 17.9 Å². The SMILES string of the molecule is Cc1cccc(COCC(=O)Nc2ccc(-c3ccco3)cc2F)c1. The Kier molecular flexibility index (Phi) is 5.26. The van der Waals surface area contributed by atoms with E-state index in [1.807, 2.05) is 31.2 Å². The van der Waals surface area contributed by atoms with Crippen molar-refractivity contribution < 1.29 is 18.3 Å². The second-order valence-electron chi connectivity index (χ2n) is 5.70. The van der Waals surface area contributed by atoms with Gasteiger partial charge >= 0.3 is 0 Å². The number of ether oxygens (including phenoxy) is 1. The smallest absolute Gasteiger partial charge is 0.250 e. The molecule has 0 atom stereocenters. The van der Waals surface area contributed by atoms with Gasteiger partial charge in [0.1, 0.15) is 18.2 Å². The lowest BCUT2D eigenvalue weighted by molar-refractivity contribution is -0.121. The molecule has 0 aliphatic heterocycles. The van der Waals surface area contributed by atoms with E-state index < -0.39 is 11.7 Å². The van der Waals surface area contributed by atoms with Crippen LogP contribution in [0.5, 0.6) is 0 Å². The lowest BCUT2D eigenvalue weighted by Gasteiger charge is -2.08. The van der Waals surface area contributed by atoms with Crippen LogP contribution < -0.4 is 5.32 Å². The van der Waals surface area contributed by atoms with Crippen LogP contribution in [0.3, 0.4) is 0 Å². The van der Waals surface area contributed by atoms with Crippen LogP contribution >= 0.6 is 0 Å². The Bertz CT molecular complexity index is 859.